The van der Waals surface area contributed by atoms with Crippen LogP contribution in [0.25, 0.3) is 10.6 Å². The Labute approximate surface area is 146 Å². The van der Waals surface area contributed by atoms with Crippen molar-refractivity contribution in [3.05, 3.63) is 45.1 Å². The van der Waals surface area contributed by atoms with Crippen molar-refractivity contribution in [1.82, 2.24) is 10.4 Å². The zero-order valence-electron chi connectivity index (χ0n) is 11.9. The van der Waals surface area contributed by atoms with Crippen molar-refractivity contribution in [2.45, 2.75) is 0 Å². The van der Waals surface area contributed by atoms with Crippen molar-refractivity contribution in [2.24, 2.45) is 11.6 Å². The van der Waals surface area contributed by atoms with E-state index in [2.05, 4.69) is 10.4 Å². The first kappa shape index (κ1) is 17.4. The lowest BCUT2D eigenvalue weighted by Crippen LogP contribution is -2.36. The fourth-order valence-electron chi connectivity index (χ4n) is 1.72. The Kier molecular flexibility index (Phi) is 5.32. The van der Waals surface area contributed by atoms with E-state index in [9.17, 15) is 4.79 Å². The van der Waals surface area contributed by atoms with Gasteiger partial charge < -0.3 is 21.2 Å². The standard InChI is InChI=1S/C13H13Cl2N5O2S/c1-20(11(16)10(19-17)13(21)22)9-5-23-12(18-9)6-2-3-7(14)8(15)4-6/h2-5,19H,16-17H2,1H3,(H,21,22)/b11-10+. The first-order chi connectivity index (χ1) is 10.8. The summed E-state index contributed by atoms with van der Waals surface area (Å²) in [7, 11) is 1.59. The van der Waals surface area contributed by atoms with Gasteiger partial charge in [0.2, 0.25) is 0 Å². The molecule has 0 spiro atoms. The molecule has 0 atom stereocenters. The minimum atomic E-state index is -1.27. The van der Waals surface area contributed by atoms with Gasteiger partial charge in [0, 0.05) is 18.0 Å². The first-order valence-electron chi connectivity index (χ1n) is 6.19. The van der Waals surface area contributed by atoms with E-state index in [-0.39, 0.29) is 11.5 Å². The number of carboxylic acids is 1. The van der Waals surface area contributed by atoms with Crippen molar-refractivity contribution < 1.29 is 9.90 Å². The maximum Gasteiger partial charge on any atom is 0.357 e. The number of nitrogens with two attached hydrogens (primary N) is 2. The van der Waals surface area contributed by atoms with Crippen LogP contribution in [0, 0.1) is 0 Å². The number of nitrogens with zero attached hydrogens (tertiary/aromatic N) is 2. The number of aromatic nitrogens is 1. The van der Waals surface area contributed by atoms with E-state index in [1.165, 1.54) is 16.2 Å². The summed E-state index contributed by atoms with van der Waals surface area (Å²) in [4.78, 5) is 16.9. The van der Waals surface area contributed by atoms with Crippen LogP contribution in [-0.4, -0.2) is 23.1 Å². The summed E-state index contributed by atoms with van der Waals surface area (Å²) < 4.78 is 0. The van der Waals surface area contributed by atoms with E-state index in [4.69, 9.17) is 39.9 Å². The summed E-state index contributed by atoms with van der Waals surface area (Å²) >= 11 is 13.2. The summed E-state index contributed by atoms with van der Waals surface area (Å²) in [6.07, 6.45) is 0. The number of halogens is 2. The molecule has 122 valence electrons. The van der Waals surface area contributed by atoms with Gasteiger partial charge >= 0.3 is 5.97 Å². The molecule has 2 rings (SSSR count). The number of thiazole rings is 1. The highest BCUT2D eigenvalue weighted by molar-refractivity contribution is 7.13. The number of anilines is 1. The van der Waals surface area contributed by atoms with Gasteiger partial charge in [-0.1, -0.05) is 29.3 Å². The highest BCUT2D eigenvalue weighted by Gasteiger charge is 2.17. The van der Waals surface area contributed by atoms with Gasteiger partial charge in [-0.15, -0.1) is 11.3 Å². The Bertz CT molecular complexity index is 777. The zero-order chi connectivity index (χ0) is 17.1. The smallest absolute Gasteiger partial charge is 0.357 e. The second-order valence-corrected chi connectivity index (χ2v) is 6.08. The zero-order valence-corrected chi connectivity index (χ0v) is 14.2. The topological polar surface area (TPSA) is 118 Å². The summed E-state index contributed by atoms with van der Waals surface area (Å²) in [5, 5.41) is 12.3. The van der Waals surface area contributed by atoms with E-state index >= 15 is 0 Å². The second kappa shape index (κ2) is 7.05. The predicted octanol–water partition coefficient (Wildman–Crippen LogP) is 2.23. The average molecular weight is 374 g/mol. The molecule has 0 aliphatic carbocycles. The van der Waals surface area contributed by atoms with Crippen molar-refractivity contribution in [1.29, 1.82) is 0 Å². The quantitative estimate of drug-likeness (QED) is 0.360. The lowest BCUT2D eigenvalue weighted by atomic mass is 10.2. The fourth-order valence-corrected chi connectivity index (χ4v) is 2.85. The van der Waals surface area contributed by atoms with Gasteiger partial charge in [-0.3, -0.25) is 5.84 Å². The lowest BCUT2D eigenvalue weighted by molar-refractivity contribution is -0.133. The van der Waals surface area contributed by atoms with Crippen LogP contribution in [0.3, 0.4) is 0 Å². The Morgan fingerprint density at radius 1 is 1.39 bits per heavy atom. The van der Waals surface area contributed by atoms with Gasteiger partial charge in [0.05, 0.1) is 10.0 Å². The molecule has 0 bridgehead atoms. The third kappa shape index (κ3) is 3.67. The number of nitrogens with one attached hydrogen (secondary N) is 1. The van der Waals surface area contributed by atoms with Crippen molar-refractivity contribution in [3.8, 4) is 10.6 Å². The first-order valence-corrected chi connectivity index (χ1v) is 7.83. The van der Waals surface area contributed by atoms with Crippen LogP contribution >= 0.6 is 34.5 Å². The molecule has 6 N–H and O–H groups in total. The van der Waals surface area contributed by atoms with Crippen LogP contribution in [0.4, 0.5) is 5.82 Å². The van der Waals surface area contributed by atoms with Gasteiger partial charge in [0.15, 0.2) is 5.70 Å². The number of carbonyl (C=O) groups is 1. The molecular formula is C13H13Cl2N5O2S. The number of hydrazine groups is 1. The van der Waals surface area contributed by atoms with Crippen LogP contribution in [0.1, 0.15) is 0 Å². The number of benzene rings is 1. The molecule has 0 radical (unpaired) electrons. The molecule has 0 fully saturated rings. The van der Waals surface area contributed by atoms with Gasteiger partial charge in [0.25, 0.3) is 0 Å². The highest BCUT2D eigenvalue weighted by atomic mass is 35.5. The molecule has 0 unspecified atom stereocenters. The lowest BCUT2D eigenvalue weighted by Gasteiger charge is -2.18. The van der Waals surface area contributed by atoms with Gasteiger partial charge in [0.1, 0.15) is 16.6 Å². The molecule has 0 saturated heterocycles. The van der Waals surface area contributed by atoms with E-state index in [0.717, 1.165) is 5.56 Å². The average Bonchev–Trinajstić information content (AvgIpc) is 2.99. The number of hydrogen-bond acceptors (Lipinski definition) is 7. The van der Waals surface area contributed by atoms with Gasteiger partial charge in [-0.25, -0.2) is 9.78 Å². The summed E-state index contributed by atoms with van der Waals surface area (Å²) in [6, 6.07) is 5.18. The maximum atomic E-state index is 11.1. The van der Waals surface area contributed by atoms with Gasteiger partial charge in [-0.2, -0.15) is 0 Å². The minimum absolute atomic E-state index is 0.0639. The Morgan fingerprint density at radius 2 is 2.09 bits per heavy atom. The van der Waals surface area contributed by atoms with E-state index in [0.29, 0.717) is 20.9 Å². The SMILES string of the molecule is CN(/C(N)=C(/NN)C(=O)O)c1csc(-c2ccc(Cl)c(Cl)c2)n1. The maximum absolute atomic E-state index is 11.1. The summed E-state index contributed by atoms with van der Waals surface area (Å²) in [6.45, 7) is 0. The Balaban J connectivity index is 2.35. The molecule has 10 heteroatoms. The molecule has 2 aromatic rings. The Hall–Kier alpha value is -2.00. The Morgan fingerprint density at radius 3 is 2.65 bits per heavy atom. The molecule has 1 aromatic heterocycles. The van der Waals surface area contributed by atoms with Crippen molar-refractivity contribution in [3.63, 3.8) is 0 Å². The molecule has 23 heavy (non-hydrogen) atoms. The predicted molar refractivity (Wildman–Crippen MR) is 92.1 cm³/mol. The highest BCUT2D eigenvalue weighted by Crippen LogP contribution is 2.32. The van der Waals surface area contributed by atoms with Crippen molar-refractivity contribution >= 4 is 46.3 Å². The minimum Gasteiger partial charge on any atom is -0.476 e. The van der Waals surface area contributed by atoms with Crippen LogP contribution < -0.4 is 21.9 Å². The van der Waals surface area contributed by atoms with Crippen molar-refractivity contribution in [2.75, 3.05) is 11.9 Å². The molecule has 0 aliphatic rings. The van der Waals surface area contributed by atoms with Crippen LogP contribution in [0.15, 0.2) is 35.1 Å². The molecule has 1 aromatic carbocycles. The number of aliphatic carboxylic acids is 1. The van der Waals surface area contributed by atoms with Crippen LogP contribution in [0.2, 0.25) is 10.0 Å². The number of carboxylic acid groups (broad SMARTS) is 1. The third-order valence-corrected chi connectivity index (χ3v) is 4.60. The molecule has 0 saturated carbocycles. The van der Waals surface area contributed by atoms with E-state index in [1.807, 2.05) is 0 Å². The second-order valence-electron chi connectivity index (χ2n) is 4.41. The van der Waals surface area contributed by atoms with Gasteiger partial charge in [-0.05, 0) is 12.1 Å². The van der Waals surface area contributed by atoms with E-state index < -0.39 is 5.97 Å². The molecule has 0 aliphatic heterocycles. The fraction of sp³-hybridized carbons (Fsp3) is 0.0769. The molecule has 0 amide bonds. The van der Waals surface area contributed by atoms with E-state index in [1.54, 1.807) is 30.6 Å². The largest absolute Gasteiger partial charge is 0.476 e. The van der Waals surface area contributed by atoms with Crippen LogP contribution in [-0.2, 0) is 4.79 Å². The number of hydrogen-bond donors (Lipinski definition) is 4. The molecular weight excluding hydrogens is 361 g/mol. The summed E-state index contributed by atoms with van der Waals surface area (Å²) in [5.41, 5.74) is 8.34. The molecule has 7 nitrogen and oxygen atoms in total. The third-order valence-electron chi connectivity index (χ3n) is 2.98. The summed E-state index contributed by atoms with van der Waals surface area (Å²) in [5.74, 6) is 4.32. The molecule has 1 heterocycles. The number of rotatable bonds is 5. The monoisotopic (exact) mass is 373 g/mol. The normalized spacial score (nSPS) is 11.8. The van der Waals surface area contributed by atoms with Crippen LogP contribution in [0.5, 0.6) is 0 Å².